The van der Waals surface area contributed by atoms with Crippen LogP contribution in [0.25, 0.3) is 21.7 Å². The Morgan fingerprint density at radius 1 is 0.962 bits per heavy atom. The molecule has 0 fully saturated rings. The van der Waals surface area contributed by atoms with Gasteiger partial charge in [-0.1, -0.05) is 18.2 Å². The Balaban J connectivity index is 1.62. The first-order valence-electron chi connectivity index (χ1n) is 8.51. The molecule has 3 heterocycles. The van der Waals surface area contributed by atoms with Gasteiger partial charge < -0.3 is 9.15 Å². The minimum atomic E-state index is -0.312. The Bertz CT molecular complexity index is 1170. The smallest absolute Gasteiger partial charge is 0.344 e. The minimum Gasteiger partial charge on any atom is -0.478 e. The summed E-state index contributed by atoms with van der Waals surface area (Å²) in [7, 11) is 0. The predicted octanol–water partition coefficient (Wildman–Crippen LogP) is 3.69. The van der Waals surface area contributed by atoms with E-state index in [9.17, 15) is 4.79 Å². The van der Waals surface area contributed by atoms with Crippen LogP contribution in [0.5, 0.6) is 5.75 Å². The van der Waals surface area contributed by atoms with E-state index in [1.54, 1.807) is 18.5 Å². The Morgan fingerprint density at radius 3 is 2.62 bits per heavy atom. The molecule has 0 atom stereocenters. The zero-order valence-corrected chi connectivity index (χ0v) is 14.0. The van der Waals surface area contributed by atoms with Crippen molar-refractivity contribution in [1.29, 1.82) is 0 Å². The van der Waals surface area contributed by atoms with Crippen molar-refractivity contribution < 1.29 is 9.15 Å². The number of ether oxygens (including phenoxy) is 1. The van der Waals surface area contributed by atoms with Gasteiger partial charge in [0.2, 0.25) is 0 Å². The van der Waals surface area contributed by atoms with Gasteiger partial charge in [-0.25, -0.2) is 4.79 Å². The molecule has 0 amide bonds. The second kappa shape index (κ2) is 5.97. The number of fused-ring (bicyclic) bond motifs is 5. The molecule has 0 saturated carbocycles. The Hall–Kier alpha value is -3.18. The lowest BCUT2D eigenvalue weighted by Gasteiger charge is -2.29. The van der Waals surface area contributed by atoms with Crippen LogP contribution in [0, 0.1) is 0 Å². The molecule has 2 aromatic heterocycles. The van der Waals surface area contributed by atoms with Crippen molar-refractivity contribution in [2.24, 2.45) is 0 Å². The summed E-state index contributed by atoms with van der Waals surface area (Å²) in [5.41, 5.74) is 2.39. The highest BCUT2D eigenvalue weighted by atomic mass is 16.5. The molecule has 128 valence electrons. The zero-order valence-electron chi connectivity index (χ0n) is 14.0. The summed E-state index contributed by atoms with van der Waals surface area (Å²) in [4.78, 5) is 18.7. The van der Waals surface area contributed by atoms with Gasteiger partial charge in [0.15, 0.2) is 0 Å². The van der Waals surface area contributed by atoms with Gasteiger partial charge in [0, 0.05) is 30.9 Å². The highest BCUT2D eigenvalue weighted by molar-refractivity contribution is 6.05. The van der Waals surface area contributed by atoms with Crippen LogP contribution in [0.15, 0.2) is 70.1 Å². The van der Waals surface area contributed by atoms with E-state index in [0.717, 1.165) is 28.6 Å². The molecule has 1 aliphatic rings. The number of benzene rings is 2. The topological polar surface area (TPSA) is 55.6 Å². The monoisotopic (exact) mass is 344 g/mol. The zero-order chi connectivity index (χ0) is 17.5. The van der Waals surface area contributed by atoms with Gasteiger partial charge in [0.05, 0.1) is 10.9 Å². The summed E-state index contributed by atoms with van der Waals surface area (Å²) < 4.78 is 11.6. The largest absolute Gasteiger partial charge is 0.478 e. The highest BCUT2D eigenvalue weighted by Gasteiger charge is 2.22. The van der Waals surface area contributed by atoms with Crippen molar-refractivity contribution in [1.82, 2.24) is 9.88 Å². The van der Waals surface area contributed by atoms with Crippen molar-refractivity contribution in [2.45, 2.75) is 13.1 Å². The molecule has 0 radical (unpaired) electrons. The molecule has 0 unspecified atom stereocenters. The fourth-order valence-corrected chi connectivity index (χ4v) is 3.55. The van der Waals surface area contributed by atoms with Crippen LogP contribution < -0.4 is 10.4 Å². The number of nitrogens with zero attached hydrogens (tertiary/aromatic N) is 2. The standard InChI is InChI=1S/C21H16N2O3/c24-21-17-4-2-1-3-15(17)16-5-6-19-18(20(16)26-21)12-23(13-25-19)11-14-7-9-22-10-8-14/h1-10H,11-13H2. The summed E-state index contributed by atoms with van der Waals surface area (Å²) in [6, 6.07) is 15.5. The summed E-state index contributed by atoms with van der Waals surface area (Å²) in [6.07, 6.45) is 3.57. The van der Waals surface area contributed by atoms with E-state index in [1.165, 1.54) is 5.56 Å². The van der Waals surface area contributed by atoms with E-state index in [1.807, 2.05) is 42.5 Å². The SMILES string of the molecule is O=c1oc2c3c(ccc2c2ccccc12)OCN(Cc1ccncc1)C3. The lowest BCUT2D eigenvalue weighted by molar-refractivity contribution is 0.0889. The normalized spacial score (nSPS) is 14.3. The third-order valence-electron chi connectivity index (χ3n) is 4.79. The Kier molecular flexibility index (Phi) is 3.47. The second-order valence-corrected chi connectivity index (χ2v) is 6.47. The number of hydrogen-bond donors (Lipinski definition) is 0. The molecule has 4 aromatic rings. The molecular formula is C21H16N2O3. The number of rotatable bonds is 2. The third-order valence-corrected chi connectivity index (χ3v) is 4.79. The molecule has 2 aromatic carbocycles. The van der Waals surface area contributed by atoms with Crippen LogP contribution in [0.2, 0.25) is 0 Å². The molecule has 0 bridgehead atoms. The van der Waals surface area contributed by atoms with Crippen LogP contribution >= 0.6 is 0 Å². The molecule has 5 heteroatoms. The van der Waals surface area contributed by atoms with Crippen LogP contribution in [0.4, 0.5) is 0 Å². The molecule has 0 N–H and O–H groups in total. The summed E-state index contributed by atoms with van der Waals surface area (Å²) >= 11 is 0. The maximum Gasteiger partial charge on any atom is 0.344 e. The van der Waals surface area contributed by atoms with E-state index in [4.69, 9.17) is 9.15 Å². The lowest BCUT2D eigenvalue weighted by atomic mass is 10.0. The molecule has 5 nitrogen and oxygen atoms in total. The first kappa shape index (κ1) is 15.1. The van der Waals surface area contributed by atoms with Crippen LogP contribution in [0.3, 0.4) is 0 Å². The number of hydrogen-bond acceptors (Lipinski definition) is 5. The molecule has 26 heavy (non-hydrogen) atoms. The maximum atomic E-state index is 12.4. The Labute approximate surface area is 149 Å². The van der Waals surface area contributed by atoms with Gasteiger partial charge in [0.25, 0.3) is 0 Å². The van der Waals surface area contributed by atoms with Gasteiger partial charge in [-0.15, -0.1) is 0 Å². The van der Waals surface area contributed by atoms with E-state index in [-0.39, 0.29) is 5.63 Å². The average Bonchev–Trinajstić information content (AvgIpc) is 2.69. The molecule has 5 rings (SSSR count). The first-order valence-corrected chi connectivity index (χ1v) is 8.51. The molecular weight excluding hydrogens is 328 g/mol. The van der Waals surface area contributed by atoms with Crippen LogP contribution in [-0.4, -0.2) is 16.6 Å². The van der Waals surface area contributed by atoms with Crippen LogP contribution in [-0.2, 0) is 13.1 Å². The molecule has 0 aliphatic carbocycles. The van der Waals surface area contributed by atoms with E-state index in [0.29, 0.717) is 24.2 Å². The fourth-order valence-electron chi connectivity index (χ4n) is 3.55. The van der Waals surface area contributed by atoms with E-state index in [2.05, 4.69) is 9.88 Å². The van der Waals surface area contributed by atoms with Crippen molar-refractivity contribution in [3.05, 3.63) is 82.5 Å². The van der Waals surface area contributed by atoms with Crippen molar-refractivity contribution >= 4 is 21.7 Å². The number of aromatic nitrogens is 1. The number of pyridine rings is 1. The molecule has 1 aliphatic heterocycles. The summed E-state index contributed by atoms with van der Waals surface area (Å²) in [6.45, 7) is 1.91. The summed E-state index contributed by atoms with van der Waals surface area (Å²) in [5, 5.41) is 2.45. The van der Waals surface area contributed by atoms with Gasteiger partial charge in [0.1, 0.15) is 18.1 Å². The van der Waals surface area contributed by atoms with Crippen molar-refractivity contribution in [3.8, 4) is 5.75 Å². The van der Waals surface area contributed by atoms with Gasteiger partial charge in [-0.2, -0.15) is 0 Å². The van der Waals surface area contributed by atoms with Gasteiger partial charge in [-0.05, 0) is 41.3 Å². The van der Waals surface area contributed by atoms with E-state index >= 15 is 0 Å². The predicted molar refractivity (Wildman–Crippen MR) is 99.0 cm³/mol. The fraction of sp³-hybridized carbons (Fsp3) is 0.143. The summed E-state index contributed by atoms with van der Waals surface area (Å²) in [5.74, 6) is 0.780. The van der Waals surface area contributed by atoms with Crippen molar-refractivity contribution in [2.75, 3.05) is 6.73 Å². The highest BCUT2D eigenvalue weighted by Crippen LogP contribution is 2.34. The lowest BCUT2D eigenvalue weighted by Crippen LogP contribution is -2.31. The Morgan fingerprint density at radius 2 is 1.77 bits per heavy atom. The average molecular weight is 344 g/mol. The first-order chi connectivity index (χ1) is 12.8. The quantitative estimate of drug-likeness (QED) is 0.410. The van der Waals surface area contributed by atoms with Crippen LogP contribution in [0.1, 0.15) is 11.1 Å². The third kappa shape index (κ3) is 2.45. The van der Waals surface area contributed by atoms with E-state index < -0.39 is 0 Å². The van der Waals surface area contributed by atoms with Crippen molar-refractivity contribution in [3.63, 3.8) is 0 Å². The second-order valence-electron chi connectivity index (χ2n) is 6.47. The van der Waals surface area contributed by atoms with Gasteiger partial charge in [-0.3, -0.25) is 9.88 Å². The maximum absolute atomic E-state index is 12.4. The molecule has 0 saturated heterocycles. The molecule has 0 spiro atoms. The van der Waals surface area contributed by atoms with Gasteiger partial charge >= 0.3 is 5.63 Å². The minimum absolute atomic E-state index is 0.312.